The van der Waals surface area contributed by atoms with Crippen molar-refractivity contribution in [3.05, 3.63) is 0 Å². The van der Waals surface area contributed by atoms with Crippen molar-refractivity contribution in [2.24, 2.45) is 11.7 Å². The first-order chi connectivity index (χ1) is 5.72. The first-order valence-corrected chi connectivity index (χ1v) is 4.59. The molecule has 0 radical (unpaired) electrons. The maximum Gasteiger partial charge on any atom is 0.182 e. The van der Waals surface area contributed by atoms with E-state index in [1.54, 1.807) is 7.98 Å². The van der Waals surface area contributed by atoms with E-state index in [-0.39, 0.29) is 5.92 Å². The molecule has 12 heavy (non-hydrogen) atoms. The van der Waals surface area contributed by atoms with Crippen molar-refractivity contribution in [2.75, 3.05) is 13.1 Å². The summed E-state index contributed by atoms with van der Waals surface area (Å²) in [5.74, 6) is 0.485. The van der Waals surface area contributed by atoms with Crippen LogP contribution in [0.15, 0.2) is 0 Å². The number of hydrogen-bond donors (Lipinski definition) is 2. The molecule has 0 amide bonds. The molecular weight excluding hydrogens is 151 g/mol. The number of nitrogens with one attached hydrogen (secondary N) is 1. The maximum absolute atomic E-state index is 11.2. The van der Waals surface area contributed by atoms with Crippen LogP contribution in [0.1, 0.15) is 26.2 Å². The monoisotopic (exact) mass is 170 g/mol. The number of carbonyl (C=O) groups is 1. The number of carbonyl (C=O) groups excluding carboxylic acids is 1. The molecule has 0 aromatic carbocycles. The molecule has 0 rings (SSSR count). The van der Waals surface area contributed by atoms with E-state index in [1.807, 2.05) is 6.92 Å². The Labute approximate surface area is 75.5 Å². The summed E-state index contributed by atoms with van der Waals surface area (Å²) in [5, 5.41) is 2.86. The standard InChI is InChI=1S/C8H19BN2O/c1-7(4-2-3-5-10)8(12)6-11-9/h7,11H,2-6,9-10H2,1H3/t7-/m0/s1. The van der Waals surface area contributed by atoms with Gasteiger partial charge in [-0.1, -0.05) is 13.3 Å². The predicted octanol–water partition coefficient (Wildman–Crippen LogP) is -0.542. The normalized spacial score (nSPS) is 12.8. The lowest BCUT2D eigenvalue weighted by Crippen LogP contribution is -2.25. The Morgan fingerprint density at radius 1 is 1.58 bits per heavy atom. The molecule has 0 spiro atoms. The van der Waals surface area contributed by atoms with E-state index in [0.717, 1.165) is 25.8 Å². The molecule has 0 aliphatic rings. The molecule has 3 nitrogen and oxygen atoms in total. The highest BCUT2D eigenvalue weighted by Crippen LogP contribution is 2.07. The van der Waals surface area contributed by atoms with Crippen molar-refractivity contribution >= 4 is 13.8 Å². The van der Waals surface area contributed by atoms with Crippen LogP contribution in [0.25, 0.3) is 0 Å². The SMILES string of the molecule is BNCC(=O)[C@@H](C)CCCCN. The zero-order valence-corrected chi connectivity index (χ0v) is 8.10. The Bertz CT molecular complexity index is 130. The topological polar surface area (TPSA) is 55.1 Å². The number of unbranched alkanes of at least 4 members (excludes halogenated alkanes) is 1. The lowest BCUT2D eigenvalue weighted by atomic mass is 9.99. The molecule has 0 unspecified atom stereocenters. The van der Waals surface area contributed by atoms with E-state index < -0.39 is 0 Å². The van der Waals surface area contributed by atoms with E-state index in [1.165, 1.54) is 0 Å². The smallest absolute Gasteiger partial charge is 0.182 e. The Hall–Kier alpha value is -0.345. The third kappa shape index (κ3) is 5.32. The lowest BCUT2D eigenvalue weighted by molar-refractivity contribution is -0.121. The molecule has 0 bridgehead atoms. The summed E-state index contributed by atoms with van der Waals surface area (Å²) in [6.45, 7) is 3.20. The van der Waals surface area contributed by atoms with Gasteiger partial charge >= 0.3 is 0 Å². The van der Waals surface area contributed by atoms with Gasteiger partial charge < -0.3 is 11.0 Å². The van der Waals surface area contributed by atoms with Gasteiger partial charge in [0.2, 0.25) is 0 Å². The maximum atomic E-state index is 11.2. The first kappa shape index (κ1) is 11.7. The Kier molecular flexibility index (Phi) is 7.10. The van der Waals surface area contributed by atoms with Gasteiger partial charge in [0, 0.05) is 12.5 Å². The van der Waals surface area contributed by atoms with E-state index in [9.17, 15) is 4.79 Å². The molecule has 0 saturated heterocycles. The van der Waals surface area contributed by atoms with Crippen molar-refractivity contribution in [3.63, 3.8) is 0 Å². The lowest BCUT2D eigenvalue weighted by Gasteiger charge is -2.08. The zero-order valence-electron chi connectivity index (χ0n) is 8.10. The minimum atomic E-state index is 0.184. The van der Waals surface area contributed by atoms with Gasteiger partial charge in [0.25, 0.3) is 0 Å². The fraction of sp³-hybridized carbons (Fsp3) is 0.875. The van der Waals surface area contributed by atoms with Gasteiger partial charge in [-0.3, -0.25) is 4.79 Å². The fourth-order valence-corrected chi connectivity index (χ4v) is 1.10. The van der Waals surface area contributed by atoms with Crippen LogP contribution in [0.4, 0.5) is 0 Å². The molecule has 70 valence electrons. The van der Waals surface area contributed by atoms with Gasteiger partial charge in [-0.2, -0.15) is 0 Å². The summed E-state index contributed by atoms with van der Waals surface area (Å²) in [6.07, 6.45) is 3.06. The van der Waals surface area contributed by atoms with Crippen LogP contribution in [-0.2, 0) is 4.79 Å². The fourth-order valence-electron chi connectivity index (χ4n) is 1.10. The van der Waals surface area contributed by atoms with Crippen LogP contribution in [0.3, 0.4) is 0 Å². The third-order valence-electron chi connectivity index (χ3n) is 1.99. The van der Waals surface area contributed by atoms with Crippen molar-refractivity contribution in [1.82, 2.24) is 5.23 Å². The average molecular weight is 170 g/mol. The minimum absolute atomic E-state index is 0.184. The Balaban J connectivity index is 3.42. The molecule has 0 aliphatic heterocycles. The van der Waals surface area contributed by atoms with E-state index in [4.69, 9.17) is 5.73 Å². The second kappa shape index (κ2) is 7.31. The van der Waals surface area contributed by atoms with Crippen LogP contribution in [-0.4, -0.2) is 26.9 Å². The summed E-state index contributed by atoms with van der Waals surface area (Å²) < 4.78 is 0. The van der Waals surface area contributed by atoms with Gasteiger partial charge in [-0.15, -0.1) is 0 Å². The highest BCUT2D eigenvalue weighted by Gasteiger charge is 2.10. The molecule has 0 saturated carbocycles. The summed E-state index contributed by atoms with van der Waals surface area (Å²) in [6, 6.07) is 0. The van der Waals surface area contributed by atoms with Crippen molar-refractivity contribution < 1.29 is 4.79 Å². The third-order valence-corrected chi connectivity index (χ3v) is 1.99. The highest BCUT2D eigenvalue weighted by molar-refractivity contribution is 6.06. The molecule has 0 aromatic heterocycles. The summed E-state index contributed by atoms with van der Waals surface area (Å²) in [7, 11) is 1.80. The van der Waals surface area contributed by atoms with Crippen LogP contribution >= 0.6 is 0 Å². The van der Waals surface area contributed by atoms with E-state index in [0.29, 0.717) is 12.3 Å². The predicted molar refractivity (Wildman–Crippen MR) is 53.6 cm³/mol. The average Bonchev–Trinajstić information content (AvgIpc) is 2.05. The van der Waals surface area contributed by atoms with Gasteiger partial charge in [-0.05, 0) is 19.4 Å². The quantitative estimate of drug-likeness (QED) is 0.398. The zero-order chi connectivity index (χ0) is 9.40. The number of ketones is 1. The number of hydrogen-bond acceptors (Lipinski definition) is 3. The van der Waals surface area contributed by atoms with Crippen molar-refractivity contribution in [3.8, 4) is 0 Å². The van der Waals surface area contributed by atoms with Crippen molar-refractivity contribution in [1.29, 1.82) is 0 Å². The molecule has 4 heteroatoms. The van der Waals surface area contributed by atoms with Crippen molar-refractivity contribution in [2.45, 2.75) is 26.2 Å². The molecule has 0 fully saturated rings. The second-order valence-electron chi connectivity index (χ2n) is 3.18. The molecule has 3 N–H and O–H groups in total. The van der Waals surface area contributed by atoms with Gasteiger partial charge in [0.15, 0.2) is 7.98 Å². The molecule has 1 atom stereocenters. The van der Waals surface area contributed by atoms with E-state index in [2.05, 4.69) is 5.23 Å². The number of Topliss-reactive ketones (excluding diaryl/α,β-unsaturated/α-hetero) is 1. The van der Waals surface area contributed by atoms with E-state index >= 15 is 0 Å². The first-order valence-electron chi connectivity index (χ1n) is 4.59. The van der Waals surface area contributed by atoms with Gasteiger partial charge in [0.1, 0.15) is 5.78 Å². The molecule has 0 aromatic rings. The van der Waals surface area contributed by atoms with Crippen LogP contribution in [0.5, 0.6) is 0 Å². The highest BCUT2D eigenvalue weighted by atomic mass is 16.1. The summed E-state index contributed by atoms with van der Waals surface area (Å²) >= 11 is 0. The van der Waals surface area contributed by atoms with Crippen LogP contribution in [0, 0.1) is 5.92 Å². The van der Waals surface area contributed by atoms with Gasteiger partial charge in [-0.25, -0.2) is 0 Å². The largest absolute Gasteiger partial charge is 0.356 e. The minimum Gasteiger partial charge on any atom is -0.356 e. The Morgan fingerprint density at radius 2 is 2.25 bits per heavy atom. The number of nitrogens with two attached hydrogens (primary N) is 1. The van der Waals surface area contributed by atoms with Gasteiger partial charge in [0.05, 0.1) is 0 Å². The molecule has 0 aliphatic carbocycles. The second-order valence-corrected chi connectivity index (χ2v) is 3.18. The Morgan fingerprint density at radius 3 is 2.75 bits per heavy atom. The molecular formula is C8H19BN2O. The molecule has 0 heterocycles. The van der Waals surface area contributed by atoms with Crippen LogP contribution < -0.4 is 11.0 Å². The van der Waals surface area contributed by atoms with Crippen LogP contribution in [0.2, 0.25) is 0 Å². The number of rotatable bonds is 7. The summed E-state index contributed by atoms with van der Waals surface area (Å²) in [5.41, 5.74) is 5.35. The summed E-state index contributed by atoms with van der Waals surface area (Å²) in [4.78, 5) is 11.2.